The third-order valence-electron chi connectivity index (χ3n) is 4.86. The molecule has 118 valence electrons. The minimum atomic E-state index is -0.650. The molecule has 0 spiro atoms. The van der Waals surface area contributed by atoms with Crippen LogP contribution in [0.5, 0.6) is 0 Å². The molecule has 0 heterocycles. The van der Waals surface area contributed by atoms with Gasteiger partial charge >= 0.3 is 0 Å². The van der Waals surface area contributed by atoms with Crippen molar-refractivity contribution in [2.45, 2.75) is 12.0 Å². The summed E-state index contributed by atoms with van der Waals surface area (Å²) in [6.45, 7) is 0. The van der Waals surface area contributed by atoms with E-state index in [1.807, 2.05) is 66.7 Å². The van der Waals surface area contributed by atoms with E-state index < -0.39 is 5.60 Å². The zero-order valence-electron chi connectivity index (χ0n) is 13.5. The first-order valence-corrected chi connectivity index (χ1v) is 8.09. The van der Waals surface area contributed by atoms with Crippen molar-refractivity contribution < 1.29 is 9.53 Å². The van der Waals surface area contributed by atoms with Crippen LogP contribution in [0.4, 0.5) is 0 Å². The smallest absolute Gasteiger partial charge is 0.193 e. The summed E-state index contributed by atoms with van der Waals surface area (Å²) >= 11 is 0. The number of ether oxygens (including phenoxy) is 1. The van der Waals surface area contributed by atoms with Gasteiger partial charge in [0.25, 0.3) is 0 Å². The first-order chi connectivity index (χ1) is 11.8. The van der Waals surface area contributed by atoms with Gasteiger partial charge in [0.15, 0.2) is 5.78 Å². The van der Waals surface area contributed by atoms with Crippen LogP contribution in [0.3, 0.4) is 0 Å². The lowest BCUT2D eigenvalue weighted by Gasteiger charge is -2.39. The van der Waals surface area contributed by atoms with Gasteiger partial charge in [0.2, 0.25) is 0 Å². The molecule has 0 radical (unpaired) electrons. The fourth-order valence-corrected chi connectivity index (χ4v) is 3.72. The van der Waals surface area contributed by atoms with E-state index in [0.717, 1.165) is 22.3 Å². The monoisotopic (exact) mass is 314 g/mol. The summed E-state index contributed by atoms with van der Waals surface area (Å²) in [7, 11) is 1.73. The average Bonchev–Trinajstić information content (AvgIpc) is 2.66. The van der Waals surface area contributed by atoms with Crippen molar-refractivity contribution in [3.8, 4) is 0 Å². The molecular formula is C22H18O2. The highest BCUT2D eigenvalue weighted by atomic mass is 16.5. The van der Waals surface area contributed by atoms with Gasteiger partial charge in [0.05, 0.1) is 0 Å². The van der Waals surface area contributed by atoms with E-state index in [2.05, 4.69) is 12.1 Å². The lowest BCUT2D eigenvalue weighted by Crippen LogP contribution is -2.39. The standard InChI is InChI=1S/C22H18O2/c1-24-22(15-16-9-3-2-4-10-16)19-13-7-5-11-17(19)21(23)18-12-6-8-14-20(18)22/h2-14H,15H2,1H3. The third kappa shape index (κ3) is 2.11. The van der Waals surface area contributed by atoms with Gasteiger partial charge in [-0.25, -0.2) is 0 Å². The highest BCUT2D eigenvalue weighted by Crippen LogP contribution is 2.44. The molecule has 0 fully saturated rings. The van der Waals surface area contributed by atoms with E-state index in [1.54, 1.807) is 7.11 Å². The first-order valence-electron chi connectivity index (χ1n) is 8.09. The number of rotatable bonds is 3. The zero-order valence-corrected chi connectivity index (χ0v) is 13.5. The number of hydrogen-bond acceptors (Lipinski definition) is 2. The number of carbonyl (C=O) groups excluding carboxylic acids is 1. The Morgan fingerprint density at radius 3 is 1.79 bits per heavy atom. The van der Waals surface area contributed by atoms with E-state index in [-0.39, 0.29) is 5.78 Å². The predicted molar refractivity (Wildman–Crippen MR) is 94.3 cm³/mol. The zero-order chi connectivity index (χ0) is 16.6. The highest BCUT2D eigenvalue weighted by Gasteiger charge is 2.43. The molecule has 0 unspecified atom stereocenters. The topological polar surface area (TPSA) is 26.3 Å². The maximum atomic E-state index is 12.9. The molecule has 0 N–H and O–H groups in total. The Labute approximate surface area is 141 Å². The number of benzene rings is 3. The van der Waals surface area contributed by atoms with Crippen LogP contribution in [-0.4, -0.2) is 12.9 Å². The van der Waals surface area contributed by atoms with E-state index in [4.69, 9.17) is 4.74 Å². The molecule has 0 saturated heterocycles. The largest absolute Gasteiger partial charge is 0.368 e. The summed E-state index contributed by atoms with van der Waals surface area (Å²) in [6, 6.07) is 25.8. The number of carbonyl (C=O) groups is 1. The van der Waals surface area contributed by atoms with Crippen molar-refractivity contribution in [3.63, 3.8) is 0 Å². The highest BCUT2D eigenvalue weighted by molar-refractivity contribution is 6.13. The van der Waals surface area contributed by atoms with Gasteiger partial charge in [-0.05, 0) is 16.7 Å². The Morgan fingerprint density at radius 1 is 0.750 bits per heavy atom. The van der Waals surface area contributed by atoms with Gasteiger partial charge in [-0.1, -0.05) is 78.9 Å². The van der Waals surface area contributed by atoms with Gasteiger partial charge in [-0.3, -0.25) is 4.79 Å². The van der Waals surface area contributed by atoms with Crippen LogP contribution in [0.15, 0.2) is 78.9 Å². The first kappa shape index (κ1) is 14.9. The van der Waals surface area contributed by atoms with Crippen molar-refractivity contribution in [1.82, 2.24) is 0 Å². The molecule has 3 aromatic carbocycles. The molecule has 0 aromatic heterocycles. The van der Waals surface area contributed by atoms with E-state index in [9.17, 15) is 4.79 Å². The fourth-order valence-electron chi connectivity index (χ4n) is 3.72. The van der Waals surface area contributed by atoms with E-state index in [0.29, 0.717) is 6.42 Å². The number of methoxy groups -OCH3 is 1. The Hall–Kier alpha value is -2.71. The van der Waals surface area contributed by atoms with Crippen LogP contribution < -0.4 is 0 Å². The molecule has 0 saturated carbocycles. The van der Waals surface area contributed by atoms with Crippen LogP contribution in [0.25, 0.3) is 0 Å². The Kier molecular flexibility index (Phi) is 3.55. The van der Waals surface area contributed by atoms with Crippen LogP contribution in [-0.2, 0) is 16.8 Å². The van der Waals surface area contributed by atoms with Crippen molar-refractivity contribution in [3.05, 3.63) is 107 Å². The van der Waals surface area contributed by atoms with Crippen molar-refractivity contribution in [1.29, 1.82) is 0 Å². The normalized spacial score (nSPS) is 14.8. The summed E-state index contributed by atoms with van der Waals surface area (Å²) in [5, 5.41) is 0. The second-order valence-electron chi connectivity index (χ2n) is 6.11. The minimum Gasteiger partial charge on any atom is -0.368 e. The minimum absolute atomic E-state index is 0.0712. The molecule has 24 heavy (non-hydrogen) atoms. The van der Waals surface area contributed by atoms with E-state index in [1.165, 1.54) is 5.56 Å². The molecule has 4 rings (SSSR count). The fraction of sp³-hybridized carbons (Fsp3) is 0.136. The number of hydrogen-bond donors (Lipinski definition) is 0. The Bertz CT molecular complexity index is 847. The van der Waals surface area contributed by atoms with Gasteiger partial charge < -0.3 is 4.74 Å². The predicted octanol–water partition coefficient (Wildman–Crippen LogP) is 4.36. The van der Waals surface area contributed by atoms with Crippen molar-refractivity contribution in [2.75, 3.05) is 7.11 Å². The second kappa shape index (κ2) is 5.73. The van der Waals surface area contributed by atoms with Crippen molar-refractivity contribution >= 4 is 5.78 Å². The molecule has 3 aromatic rings. The average molecular weight is 314 g/mol. The lowest BCUT2D eigenvalue weighted by atomic mass is 9.71. The maximum absolute atomic E-state index is 12.9. The van der Waals surface area contributed by atoms with Crippen LogP contribution in [0.2, 0.25) is 0 Å². The SMILES string of the molecule is COC1(Cc2ccccc2)c2ccccc2C(=O)c2ccccc21. The third-order valence-corrected chi connectivity index (χ3v) is 4.86. The molecule has 0 bridgehead atoms. The molecular weight excluding hydrogens is 296 g/mol. The molecule has 2 heteroatoms. The molecule has 0 amide bonds. The number of ketones is 1. The van der Waals surface area contributed by atoms with Gasteiger partial charge in [0, 0.05) is 24.7 Å². The number of fused-ring (bicyclic) bond motifs is 2. The Balaban J connectivity index is 1.99. The van der Waals surface area contributed by atoms with Crippen LogP contribution in [0.1, 0.15) is 32.6 Å². The van der Waals surface area contributed by atoms with Gasteiger partial charge in [-0.2, -0.15) is 0 Å². The molecule has 2 nitrogen and oxygen atoms in total. The maximum Gasteiger partial charge on any atom is 0.193 e. The summed E-state index contributed by atoms with van der Waals surface area (Å²) < 4.78 is 6.13. The summed E-state index contributed by atoms with van der Waals surface area (Å²) in [5.74, 6) is 0.0712. The van der Waals surface area contributed by atoms with Gasteiger partial charge in [0.1, 0.15) is 5.60 Å². The quantitative estimate of drug-likeness (QED) is 0.718. The van der Waals surface area contributed by atoms with Gasteiger partial charge in [-0.15, -0.1) is 0 Å². The van der Waals surface area contributed by atoms with Crippen LogP contribution >= 0.6 is 0 Å². The molecule has 1 aliphatic carbocycles. The van der Waals surface area contributed by atoms with Crippen LogP contribution in [0, 0.1) is 0 Å². The van der Waals surface area contributed by atoms with Crippen molar-refractivity contribution in [2.24, 2.45) is 0 Å². The molecule has 0 aliphatic heterocycles. The summed E-state index contributed by atoms with van der Waals surface area (Å²) in [4.78, 5) is 12.9. The Morgan fingerprint density at radius 2 is 1.25 bits per heavy atom. The summed E-state index contributed by atoms with van der Waals surface area (Å²) in [6.07, 6.45) is 0.686. The second-order valence-corrected chi connectivity index (χ2v) is 6.11. The lowest BCUT2D eigenvalue weighted by molar-refractivity contribution is 0.0190. The van der Waals surface area contributed by atoms with E-state index >= 15 is 0 Å². The molecule has 1 aliphatic rings. The molecule has 0 atom stereocenters. The summed E-state index contributed by atoms with van der Waals surface area (Å²) in [5.41, 5.74) is 3.88.